The third-order valence-electron chi connectivity index (χ3n) is 7.20. The average Bonchev–Trinajstić information content (AvgIpc) is 3.56. The van der Waals surface area contributed by atoms with Crippen molar-refractivity contribution in [3.63, 3.8) is 0 Å². The standard InChI is InChI=1S/C26H34N6O.CHN/c1-4-20(21-10-9-12-27-19(21)3)26(33)31-15-6-5-11-23(31)22-16-24-28-25(30-13-7-8-14-30)18(2)17-32(24)29-22;1-2/h4,16-17,23,27H,1,3,5-15H2,2H3;1H/b21-20+;. The van der Waals surface area contributed by atoms with Crippen LogP contribution in [-0.2, 0) is 4.79 Å². The van der Waals surface area contributed by atoms with Crippen LogP contribution >= 0.6 is 0 Å². The van der Waals surface area contributed by atoms with Gasteiger partial charge in [-0.15, -0.1) is 0 Å². The van der Waals surface area contributed by atoms with Crippen LogP contribution in [-0.4, -0.2) is 51.6 Å². The zero-order valence-corrected chi connectivity index (χ0v) is 20.7. The van der Waals surface area contributed by atoms with Crippen LogP contribution in [0.2, 0.25) is 0 Å². The van der Waals surface area contributed by atoms with Gasteiger partial charge in [0.1, 0.15) is 5.82 Å². The Balaban J connectivity index is 0.00000141. The average molecular weight is 474 g/mol. The molecule has 8 nitrogen and oxygen atoms in total. The molecule has 5 rings (SSSR count). The SMILES string of the molecule is C#N.C=C/C(C(=O)N1CCCCC1c1cc2nc(N3CCCC3)c(C)cn2n1)=C1/CCCNC1=C. The zero-order chi connectivity index (χ0) is 24.9. The van der Waals surface area contributed by atoms with Gasteiger partial charge in [0.2, 0.25) is 0 Å². The van der Waals surface area contributed by atoms with Crippen LogP contribution in [0.4, 0.5) is 5.82 Å². The number of rotatable bonds is 4. The molecule has 0 aromatic carbocycles. The number of carbonyl (C=O) groups is 1. The maximum absolute atomic E-state index is 13.7. The van der Waals surface area contributed by atoms with E-state index >= 15 is 0 Å². The van der Waals surface area contributed by atoms with Gasteiger partial charge in [-0.2, -0.15) is 5.10 Å². The van der Waals surface area contributed by atoms with E-state index in [1.54, 1.807) is 6.08 Å². The van der Waals surface area contributed by atoms with Gasteiger partial charge in [-0.3, -0.25) is 4.79 Å². The van der Waals surface area contributed by atoms with Gasteiger partial charge in [0.25, 0.3) is 5.91 Å². The van der Waals surface area contributed by atoms with Crippen LogP contribution in [0.3, 0.4) is 0 Å². The first-order chi connectivity index (χ1) is 17.1. The van der Waals surface area contributed by atoms with E-state index in [0.717, 1.165) is 92.3 Å². The minimum absolute atomic E-state index is 0.0356. The van der Waals surface area contributed by atoms with Crippen molar-refractivity contribution in [2.24, 2.45) is 0 Å². The largest absolute Gasteiger partial charge is 0.385 e. The fourth-order valence-corrected chi connectivity index (χ4v) is 5.47. The lowest BCUT2D eigenvalue weighted by Gasteiger charge is -2.36. The molecule has 8 heteroatoms. The fourth-order valence-electron chi connectivity index (χ4n) is 5.47. The van der Waals surface area contributed by atoms with Gasteiger partial charge in [-0.05, 0) is 57.4 Å². The fraction of sp³-hybridized carbons (Fsp3) is 0.481. The van der Waals surface area contributed by atoms with Crippen LogP contribution < -0.4 is 10.2 Å². The van der Waals surface area contributed by atoms with Crippen LogP contribution in [0.1, 0.15) is 62.2 Å². The number of nitrogens with one attached hydrogen (secondary N) is 1. The second-order valence-corrected chi connectivity index (χ2v) is 9.43. The number of piperidine rings is 2. The highest BCUT2D eigenvalue weighted by molar-refractivity contribution is 5.98. The van der Waals surface area contributed by atoms with Crippen molar-refractivity contribution in [1.29, 1.82) is 5.26 Å². The number of amides is 1. The first-order valence-electron chi connectivity index (χ1n) is 12.5. The summed E-state index contributed by atoms with van der Waals surface area (Å²) in [4.78, 5) is 23.0. The molecule has 2 aromatic rings. The molecule has 184 valence electrons. The molecule has 3 aliphatic heterocycles. The molecule has 1 atom stereocenters. The number of carbonyl (C=O) groups excluding carboxylic acids is 1. The molecule has 0 radical (unpaired) electrons. The van der Waals surface area contributed by atoms with E-state index in [1.807, 2.05) is 9.42 Å². The zero-order valence-electron chi connectivity index (χ0n) is 20.7. The predicted molar refractivity (Wildman–Crippen MR) is 138 cm³/mol. The third kappa shape index (κ3) is 4.81. The van der Waals surface area contributed by atoms with E-state index in [2.05, 4.69) is 49.1 Å². The maximum Gasteiger partial charge on any atom is 0.254 e. The number of hydrogen-bond acceptors (Lipinski definition) is 6. The molecular formula is C27H35N7O. The summed E-state index contributed by atoms with van der Waals surface area (Å²) in [5, 5.41) is 14.7. The highest BCUT2D eigenvalue weighted by atomic mass is 16.2. The second kappa shape index (κ2) is 10.8. The van der Waals surface area contributed by atoms with Crippen molar-refractivity contribution in [2.75, 3.05) is 31.1 Å². The Labute approximate surface area is 207 Å². The molecule has 0 spiro atoms. The number of allylic oxidation sites excluding steroid dienone is 1. The number of anilines is 1. The predicted octanol–water partition coefficient (Wildman–Crippen LogP) is 4.21. The number of nitriles is 1. The van der Waals surface area contributed by atoms with Crippen molar-refractivity contribution in [1.82, 2.24) is 24.8 Å². The van der Waals surface area contributed by atoms with Gasteiger partial charge >= 0.3 is 0 Å². The van der Waals surface area contributed by atoms with E-state index in [-0.39, 0.29) is 11.9 Å². The molecule has 2 aromatic heterocycles. The minimum Gasteiger partial charge on any atom is -0.385 e. The summed E-state index contributed by atoms with van der Waals surface area (Å²) >= 11 is 0. The lowest BCUT2D eigenvalue weighted by molar-refractivity contribution is -0.130. The van der Waals surface area contributed by atoms with Gasteiger partial charge in [-0.1, -0.05) is 19.2 Å². The Morgan fingerprint density at radius 3 is 2.66 bits per heavy atom. The van der Waals surface area contributed by atoms with Crippen molar-refractivity contribution >= 4 is 17.4 Å². The van der Waals surface area contributed by atoms with Crippen LogP contribution in [0.15, 0.2) is 48.3 Å². The minimum atomic E-state index is -0.0520. The van der Waals surface area contributed by atoms with Crippen molar-refractivity contribution in [3.8, 4) is 6.57 Å². The summed E-state index contributed by atoms with van der Waals surface area (Å²) in [5.41, 5.74) is 5.42. The van der Waals surface area contributed by atoms with Gasteiger partial charge in [0.15, 0.2) is 5.65 Å². The molecule has 1 N–H and O–H groups in total. The number of aromatic nitrogens is 3. The Morgan fingerprint density at radius 2 is 1.94 bits per heavy atom. The maximum atomic E-state index is 13.7. The highest BCUT2D eigenvalue weighted by Gasteiger charge is 2.32. The summed E-state index contributed by atoms with van der Waals surface area (Å²) in [6, 6.07) is 2.01. The van der Waals surface area contributed by atoms with E-state index in [4.69, 9.17) is 15.3 Å². The molecule has 0 bridgehead atoms. The monoisotopic (exact) mass is 473 g/mol. The summed E-state index contributed by atoms with van der Waals surface area (Å²) < 4.78 is 1.88. The normalized spacial score (nSPS) is 21.8. The topological polar surface area (TPSA) is 89.6 Å². The van der Waals surface area contributed by atoms with Crippen LogP contribution in [0, 0.1) is 18.8 Å². The summed E-state index contributed by atoms with van der Waals surface area (Å²) in [6.07, 6.45) is 11.1. The third-order valence-corrected chi connectivity index (χ3v) is 7.20. The van der Waals surface area contributed by atoms with Crippen molar-refractivity contribution in [3.05, 3.63) is 59.6 Å². The number of nitrogens with zero attached hydrogens (tertiary/aromatic N) is 6. The molecule has 3 saturated heterocycles. The molecule has 1 amide bonds. The molecule has 3 fully saturated rings. The molecular weight excluding hydrogens is 438 g/mol. The Kier molecular flexibility index (Phi) is 7.54. The lowest BCUT2D eigenvalue weighted by atomic mass is 9.93. The Bertz CT molecular complexity index is 1170. The van der Waals surface area contributed by atoms with Crippen molar-refractivity contribution in [2.45, 2.75) is 57.9 Å². The molecule has 0 aliphatic carbocycles. The van der Waals surface area contributed by atoms with Crippen molar-refractivity contribution < 1.29 is 4.79 Å². The van der Waals surface area contributed by atoms with E-state index < -0.39 is 0 Å². The van der Waals surface area contributed by atoms with Gasteiger partial charge in [-0.25, -0.2) is 14.8 Å². The van der Waals surface area contributed by atoms with Gasteiger partial charge < -0.3 is 15.1 Å². The first kappa shape index (κ1) is 24.5. The van der Waals surface area contributed by atoms with Crippen LogP contribution in [0.25, 0.3) is 5.65 Å². The van der Waals surface area contributed by atoms with Gasteiger partial charge in [0.05, 0.1) is 11.7 Å². The molecule has 0 saturated carbocycles. The van der Waals surface area contributed by atoms with E-state index in [1.165, 1.54) is 12.8 Å². The smallest absolute Gasteiger partial charge is 0.254 e. The molecule has 35 heavy (non-hydrogen) atoms. The number of likely N-dealkylation sites (tertiary alicyclic amines) is 1. The first-order valence-corrected chi connectivity index (χ1v) is 12.5. The molecule has 1 unspecified atom stereocenters. The van der Waals surface area contributed by atoms with E-state index in [0.29, 0.717) is 5.57 Å². The second-order valence-electron chi connectivity index (χ2n) is 9.43. The Morgan fingerprint density at radius 1 is 1.20 bits per heavy atom. The molecule has 5 heterocycles. The number of aryl methyl sites for hydroxylation is 1. The lowest BCUT2D eigenvalue weighted by Crippen LogP contribution is -2.40. The molecule has 3 aliphatic rings. The number of fused-ring (bicyclic) bond motifs is 1. The summed E-state index contributed by atoms with van der Waals surface area (Å²) in [7, 11) is 0. The summed E-state index contributed by atoms with van der Waals surface area (Å²) in [6.45, 7) is 17.5. The summed E-state index contributed by atoms with van der Waals surface area (Å²) in [5.74, 6) is 1.10. The quantitative estimate of drug-likeness (QED) is 0.669. The van der Waals surface area contributed by atoms with E-state index in [9.17, 15) is 4.79 Å². The Hall–Kier alpha value is -3.60. The van der Waals surface area contributed by atoms with Crippen LogP contribution in [0.5, 0.6) is 0 Å². The van der Waals surface area contributed by atoms with Gasteiger partial charge in [0, 0.05) is 61.8 Å². The highest BCUT2D eigenvalue weighted by Crippen LogP contribution is 2.34. The number of hydrogen-bond donors (Lipinski definition) is 1.